The number of hydrogen-bond donors (Lipinski definition) is 4. The summed E-state index contributed by atoms with van der Waals surface area (Å²) in [5.41, 5.74) is 0.188. The highest BCUT2D eigenvalue weighted by Gasteiger charge is 2.29. The lowest BCUT2D eigenvalue weighted by molar-refractivity contribution is -0.139. The van der Waals surface area contributed by atoms with Crippen LogP contribution in [0.5, 0.6) is 5.75 Å². The Balaban J connectivity index is 2.39. The largest absolute Gasteiger partial charge is 0.491 e. The molecule has 0 fully saturated rings. The van der Waals surface area contributed by atoms with Crippen molar-refractivity contribution in [3.05, 3.63) is 29.8 Å². The van der Waals surface area contributed by atoms with Gasteiger partial charge in [-0.3, -0.25) is 14.4 Å². The average molecular weight is 448 g/mol. The minimum absolute atomic E-state index is 0.113. The van der Waals surface area contributed by atoms with Crippen LogP contribution in [-0.2, 0) is 14.4 Å². The zero-order valence-corrected chi connectivity index (χ0v) is 19.0. The van der Waals surface area contributed by atoms with Crippen LogP contribution in [0.15, 0.2) is 24.3 Å². The first-order valence-electron chi connectivity index (χ1n) is 10.9. The molecule has 0 saturated heterocycles. The molecule has 9 nitrogen and oxygen atoms in total. The van der Waals surface area contributed by atoms with Crippen LogP contribution in [0.3, 0.4) is 0 Å². The van der Waals surface area contributed by atoms with Crippen LogP contribution in [-0.4, -0.2) is 53.5 Å². The predicted octanol–water partition coefficient (Wildman–Crippen LogP) is 1.71. The second-order valence-corrected chi connectivity index (χ2v) is 8.83. The summed E-state index contributed by atoms with van der Waals surface area (Å²) in [5, 5.41) is 17.6. The van der Waals surface area contributed by atoms with Gasteiger partial charge in [0.05, 0.1) is 11.6 Å². The van der Waals surface area contributed by atoms with E-state index < -0.39 is 29.9 Å². The van der Waals surface area contributed by atoms with Gasteiger partial charge in [-0.25, -0.2) is 4.79 Å². The van der Waals surface area contributed by atoms with Crippen molar-refractivity contribution in [2.75, 3.05) is 6.61 Å². The fourth-order valence-corrected chi connectivity index (χ4v) is 3.55. The highest BCUT2D eigenvalue weighted by Crippen LogP contribution is 2.20. The van der Waals surface area contributed by atoms with Crippen molar-refractivity contribution in [1.29, 1.82) is 0 Å². The molecule has 1 aliphatic heterocycles. The lowest BCUT2D eigenvalue weighted by atomic mass is 10.0. The highest BCUT2D eigenvalue weighted by atomic mass is 16.5. The first-order chi connectivity index (χ1) is 15.1. The molecule has 32 heavy (non-hydrogen) atoms. The molecule has 3 atom stereocenters. The Hall–Kier alpha value is -3.10. The fraction of sp³-hybridized carbons (Fsp3) is 0.565. The number of hydrogen-bond acceptors (Lipinski definition) is 5. The van der Waals surface area contributed by atoms with Gasteiger partial charge in [-0.1, -0.05) is 39.8 Å². The summed E-state index contributed by atoms with van der Waals surface area (Å²) in [6.07, 6.45) is 0.375. The van der Waals surface area contributed by atoms with Crippen LogP contribution >= 0.6 is 0 Å². The molecule has 0 aromatic heterocycles. The molecule has 0 unspecified atom stereocenters. The normalized spacial score (nSPS) is 23.2. The van der Waals surface area contributed by atoms with E-state index in [0.29, 0.717) is 12.2 Å². The fourth-order valence-electron chi connectivity index (χ4n) is 3.55. The Morgan fingerprint density at radius 1 is 1.09 bits per heavy atom. The van der Waals surface area contributed by atoms with E-state index in [1.54, 1.807) is 24.3 Å². The third-order valence-corrected chi connectivity index (χ3v) is 5.20. The Morgan fingerprint density at radius 2 is 1.78 bits per heavy atom. The molecule has 176 valence electrons. The molecule has 9 heteroatoms. The minimum atomic E-state index is -1.26. The van der Waals surface area contributed by atoms with Gasteiger partial charge in [0.2, 0.25) is 11.8 Å². The molecule has 0 bridgehead atoms. The molecule has 0 radical (unpaired) electrons. The predicted molar refractivity (Wildman–Crippen MR) is 118 cm³/mol. The molecule has 1 heterocycles. The molecule has 4 N–H and O–H groups in total. The molecule has 1 aliphatic rings. The topological polar surface area (TPSA) is 134 Å². The van der Waals surface area contributed by atoms with E-state index in [9.17, 15) is 24.3 Å². The Labute approximate surface area is 188 Å². The van der Waals surface area contributed by atoms with Gasteiger partial charge in [0, 0.05) is 6.42 Å². The smallest absolute Gasteiger partial charge is 0.326 e. The Morgan fingerprint density at radius 3 is 2.41 bits per heavy atom. The SMILES string of the molecule is CC(C)C[C@H]1COc2ccccc2C(=O)N[C@H](C(=O)O)CCC(=O)N[C@H](C(C)C)C(=O)N1. The van der Waals surface area contributed by atoms with Crippen LogP contribution in [0.2, 0.25) is 0 Å². The van der Waals surface area contributed by atoms with E-state index in [1.165, 1.54) is 0 Å². The van der Waals surface area contributed by atoms with E-state index in [1.807, 2.05) is 27.7 Å². The molecule has 1 aromatic rings. The summed E-state index contributed by atoms with van der Waals surface area (Å²) in [6.45, 7) is 7.81. The molecule has 3 amide bonds. The molecule has 1 aromatic carbocycles. The van der Waals surface area contributed by atoms with Crippen LogP contribution in [0.4, 0.5) is 0 Å². The van der Waals surface area contributed by atoms with E-state index in [2.05, 4.69) is 16.0 Å². The van der Waals surface area contributed by atoms with Gasteiger partial charge in [0.15, 0.2) is 0 Å². The maximum Gasteiger partial charge on any atom is 0.326 e. The molecular formula is C23H33N3O6. The standard InChI is InChI=1S/C23H33N3O6/c1-13(2)11-15-12-32-18-8-6-5-7-16(18)21(28)25-17(23(30)31)9-10-19(27)26-20(14(3)4)22(29)24-15/h5-8,13-15,17,20H,9-12H2,1-4H3,(H,24,29)(H,25,28)(H,26,27)(H,30,31)/t15-,17-,20+/m0/s1. The van der Waals surface area contributed by atoms with Crippen LogP contribution in [0, 0.1) is 11.8 Å². The number of aliphatic carboxylic acids is 1. The van der Waals surface area contributed by atoms with Crippen LogP contribution in [0.25, 0.3) is 0 Å². The van der Waals surface area contributed by atoms with E-state index in [4.69, 9.17) is 4.74 Å². The Kier molecular flexibility index (Phi) is 9.04. The lowest BCUT2D eigenvalue weighted by Gasteiger charge is -2.26. The third-order valence-electron chi connectivity index (χ3n) is 5.20. The summed E-state index contributed by atoms with van der Waals surface area (Å²) < 4.78 is 5.90. The van der Waals surface area contributed by atoms with Crippen molar-refractivity contribution in [3.8, 4) is 5.75 Å². The summed E-state index contributed by atoms with van der Waals surface area (Å²) >= 11 is 0. The quantitative estimate of drug-likeness (QED) is 0.555. The first kappa shape index (κ1) is 25.2. The lowest BCUT2D eigenvalue weighted by Crippen LogP contribution is -2.53. The maximum absolute atomic E-state index is 13.0. The van der Waals surface area contributed by atoms with E-state index in [-0.39, 0.29) is 48.8 Å². The monoisotopic (exact) mass is 447 g/mol. The zero-order chi connectivity index (χ0) is 23.8. The molecule has 0 spiro atoms. The van der Waals surface area contributed by atoms with E-state index >= 15 is 0 Å². The van der Waals surface area contributed by atoms with Crippen molar-refractivity contribution >= 4 is 23.7 Å². The van der Waals surface area contributed by atoms with Gasteiger partial charge < -0.3 is 25.8 Å². The van der Waals surface area contributed by atoms with Crippen molar-refractivity contribution in [1.82, 2.24) is 16.0 Å². The van der Waals surface area contributed by atoms with Gasteiger partial charge in [-0.15, -0.1) is 0 Å². The van der Waals surface area contributed by atoms with Gasteiger partial charge in [-0.2, -0.15) is 0 Å². The summed E-state index contributed by atoms with van der Waals surface area (Å²) in [6, 6.07) is 4.16. The van der Waals surface area contributed by atoms with Gasteiger partial charge in [0.25, 0.3) is 5.91 Å². The van der Waals surface area contributed by atoms with Gasteiger partial charge in [-0.05, 0) is 36.8 Å². The van der Waals surface area contributed by atoms with Gasteiger partial charge >= 0.3 is 5.97 Å². The molecule has 0 saturated carbocycles. The van der Waals surface area contributed by atoms with Crippen molar-refractivity contribution in [3.63, 3.8) is 0 Å². The minimum Gasteiger partial charge on any atom is -0.491 e. The second kappa shape index (κ2) is 11.5. The van der Waals surface area contributed by atoms with Gasteiger partial charge in [0.1, 0.15) is 24.4 Å². The van der Waals surface area contributed by atoms with Crippen LogP contribution < -0.4 is 20.7 Å². The number of carboxylic acid groups (broad SMARTS) is 1. The number of rotatable bonds is 4. The second-order valence-electron chi connectivity index (χ2n) is 8.83. The third kappa shape index (κ3) is 7.25. The number of carboxylic acids is 1. The number of fused-ring (bicyclic) bond motifs is 1. The van der Waals surface area contributed by atoms with Crippen molar-refractivity contribution < 1.29 is 29.0 Å². The van der Waals surface area contributed by atoms with Crippen molar-refractivity contribution in [2.45, 2.75) is 65.1 Å². The number of nitrogens with one attached hydrogen (secondary N) is 3. The Bertz CT molecular complexity index is 839. The van der Waals surface area contributed by atoms with Crippen LogP contribution in [0.1, 0.15) is 57.3 Å². The number of amides is 3. The summed E-state index contributed by atoms with van der Waals surface area (Å²) in [4.78, 5) is 49.8. The number of benzene rings is 1. The summed E-state index contributed by atoms with van der Waals surface area (Å²) in [7, 11) is 0. The summed E-state index contributed by atoms with van der Waals surface area (Å²) in [5.74, 6) is -2.24. The zero-order valence-electron chi connectivity index (χ0n) is 19.0. The average Bonchev–Trinajstić information content (AvgIpc) is 2.71. The first-order valence-corrected chi connectivity index (χ1v) is 10.9. The number of ether oxygens (including phenoxy) is 1. The number of carbonyl (C=O) groups is 4. The van der Waals surface area contributed by atoms with Crippen molar-refractivity contribution in [2.24, 2.45) is 11.8 Å². The molecule has 2 rings (SSSR count). The number of carbonyl (C=O) groups excluding carboxylic acids is 3. The molecule has 0 aliphatic carbocycles. The molecular weight excluding hydrogens is 414 g/mol. The maximum atomic E-state index is 13.0. The van der Waals surface area contributed by atoms with E-state index in [0.717, 1.165) is 0 Å². The highest BCUT2D eigenvalue weighted by molar-refractivity contribution is 5.99. The number of para-hydroxylation sites is 1.